The molecular weight excluding hydrogens is 392 g/mol. The van der Waals surface area contributed by atoms with E-state index >= 15 is 0 Å². The van der Waals surface area contributed by atoms with E-state index in [1.165, 1.54) is 11.1 Å². The van der Waals surface area contributed by atoms with Crippen LogP contribution in [0.2, 0.25) is 0 Å². The lowest BCUT2D eigenvalue weighted by Crippen LogP contribution is -2.04. The summed E-state index contributed by atoms with van der Waals surface area (Å²) in [5.74, 6) is 0.0691. The van der Waals surface area contributed by atoms with Crippen LogP contribution in [0.15, 0.2) is 83.0 Å². The fourth-order valence-electron chi connectivity index (χ4n) is 3.40. The van der Waals surface area contributed by atoms with Gasteiger partial charge in [0, 0.05) is 11.1 Å². The van der Waals surface area contributed by atoms with Gasteiger partial charge in [-0.3, -0.25) is 0 Å². The SMILES string of the molecule is Cc1ccc(NC(=S)N=Nc2c(O)n(Cc3cccc(C)c3)c3ccccc23)cc1. The van der Waals surface area contributed by atoms with Crippen LogP contribution in [0.4, 0.5) is 11.4 Å². The summed E-state index contributed by atoms with van der Waals surface area (Å²) in [6, 6.07) is 23.8. The normalized spacial score (nSPS) is 11.3. The zero-order chi connectivity index (χ0) is 21.1. The Balaban J connectivity index is 1.64. The Labute approximate surface area is 180 Å². The molecule has 0 bridgehead atoms. The molecule has 5 nitrogen and oxygen atoms in total. The number of aromatic nitrogens is 1. The molecule has 0 fully saturated rings. The zero-order valence-corrected chi connectivity index (χ0v) is 17.6. The molecule has 1 aromatic heterocycles. The Morgan fingerprint density at radius 2 is 1.73 bits per heavy atom. The molecule has 4 aromatic rings. The van der Waals surface area contributed by atoms with Gasteiger partial charge in [-0.25, -0.2) is 0 Å². The van der Waals surface area contributed by atoms with E-state index in [2.05, 4.69) is 34.6 Å². The Kier molecular flexibility index (Phi) is 5.59. The average molecular weight is 415 g/mol. The van der Waals surface area contributed by atoms with E-state index in [0.29, 0.717) is 12.2 Å². The highest BCUT2D eigenvalue weighted by atomic mass is 32.1. The number of hydrogen-bond donors (Lipinski definition) is 2. The van der Waals surface area contributed by atoms with Crippen LogP contribution in [0.5, 0.6) is 5.88 Å². The van der Waals surface area contributed by atoms with Crippen molar-refractivity contribution in [3.05, 3.63) is 89.5 Å². The molecule has 0 saturated heterocycles. The van der Waals surface area contributed by atoms with Crippen LogP contribution in [-0.2, 0) is 6.54 Å². The van der Waals surface area contributed by atoms with Crippen molar-refractivity contribution < 1.29 is 5.11 Å². The number of aromatic hydroxyl groups is 1. The summed E-state index contributed by atoms with van der Waals surface area (Å²) in [5.41, 5.74) is 5.59. The minimum absolute atomic E-state index is 0.0691. The summed E-state index contributed by atoms with van der Waals surface area (Å²) in [4.78, 5) is 0. The van der Waals surface area contributed by atoms with Gasteiger partial charge in [-0.05, 0) is 49.8 Å². The van der Waals surface area contributed by atoms with E-state index in [1.54, 1.807) is 0 Å². The predicted octanol–water partition coefficient (Wildman–Crippen LogP) is 6.49. The van der Waals surface area contributed by atoms with Crippen molar-refractivity contribution in [1.82, 2.24) is 4.57 Å². The van der Waals surface area contributed by atoms with E-state index in [1.807, 2.05) is 72.2 Å². The fourth-order valence-corrected chi connectivity index (χ4v) is 3.56. The highest BCUT2D eigenvalue weighted by Crippen LogP contribution is 2.39. The molecule has 2 N–H and O–H groups in total. The molecule has 3 aromatic carbocycles. The van der Waals surface area contributed by atoms with Crippen LogP contribution in [-0.4, -0.2) is 14.8 Å². The zero-order valence-electron chi connectivity index (χ0n) is 16.8. The maximum atomic E-state index is 10.9. The number of benzene rings is 3. The Bertz CT molecular complexity index is 1240. The van der Waals surface area contributed by atoms with Gasteiger partial charge in [-0.15, -0.1) is 10.2 Å². The molecule has 0 saturated carbocycles. The number of hydrogen-bond acceptors (Lipinski definition) is 3. The van der Waals surface area contributed by atoms with Gasteiger partial charge in [0.05, 0.1) is 12.1 Å². The van der Waals surface area contributed by atoms with Gasteiger partial charge in [0.15, 0.2) is 5.69 Å². The molecule has 30 heavy (non-hydrogen) atoms. The number of nitrogens with zero attached hydrogens (tertiary/aromatic N) is 3. The lowest BCUT2D eigenvalue weighted by molar-refractivity contribution is 0.429. The van der Waals surface area contributed by atoms with Crippen molar-refractivity contribution in [2.45, 2.75) is 20.4 Å². The maximum Gasteiger partial charge on any atom is 0.221 e. The van der Waals surface area contributed by atoms with Gasteiger partial charge in [0.2, 0.25) is 11.0 Å². The van der Waals surface area contributed by atoms with E-state index in [-0.39, 0.29) is 11.0 Å². The van der Waals surface area contributed by atoms with Crippen molar-refractivity contribution in [3.63, 3.8) is 0 Å². The fraction of sp³-hybridized carbons (Fsp3) is 0.125. The molecule has 0 aliphatic rings. The van der Waals surface area contributed by atoms with Crippen molar-refractivity contribution in [3.8, 4) is 5.88 Å². The molecule has 6 heteroatoms. The maximum absolute atomic E-state index is 10.9. The van der Waals surface area contributed by atoms with Gasteiger partial charge in [-0.2, -0.15) is 0 Å². The average Bonchev–Trinajstić information content (AvgIpc) is 2.99. The minimum atomic E-state index is 0.0691. The first-order valence-electron chi connectivity index (χ1n) is 9.66. The van der Waals surface area contributed by atoms with Crippen molar-refractivity contribution in [2.24, 2.45) is 10.2 Å². The van der Waals surface area contributed by atoms with Gasteiger partial charge >= 0.3 is 0 Å². The molecule has 0 radical (unpaired) electrons. The number of fused-ring (bicyclic) bond motifs is 1. The third-order valence-corrected chi connectivity index (χ3v) is 5.07. The van der Waals surface area contributed by atoms with Crippen molar-refractivity contribution >= 4 is 39.6 Å². The minimum Gasteiger partial charge on any atom is -0.493 e. The molecule has 0 unspecified atom stereocenters. The van der Waals surface area contributed by atoms with E-state index in [9.17, 15) is 5.11 Å². The summed E-state index contributed by atoms with van der Waals surface area (Å²) in [6.07, 6.45) is 0. The lowest BCUT2D eigenvalue weighted by atomic mass is 10.1. The quantitative estimate of drug-likeness (QED) is 0.296. The molecule has 0 amide bonds. The molecule has 0 aliphatic carbocycles. The first kappa shape index (κ1) is 19.8. The molecule has 0 atom stereocenters. The first-order valence-corrected chi connectivity index (χ1v) is 10.1. The number of para-hydroxylation sites is 1. The predicted molar refractivity (Wildman–Crippen MR) is 126 cm³/mol. The van der Waals surface area contributed by atoms with Crippen LogP contribution in [0.1, 0.15) is 16.7 Å². The molecule has 0 spiro atoms. The summed E-state index contributed by atoms with van der Waals surface area (Å²) in [6.45, 7) is 4.62. The van der Waals surface area contributed by atoms with Crippen LogP contribution in [0.3, 0.4) is 0 Å². The van der Waals surface area contributed by atoms with E-state index in [4.69, 9.17) is 12.2 Å². The van der Waals surface area contributed by atoms with Crippen LogP contribution in [0.25, 0.3) is 10.9 Å². The van der Waals surface area contributed by atoms with Crippen molar-refractivity contribution in [1.29, 1.82) is 0 Å². The topological polar surface area (TPSA) is 61.9 Å². The number of azo groups is 1. The summed E-state index contributed by atoms with van der Waals surface area (Å²) in [7, 11) is 0. The first-order chi connectivity index (χ1) is 14.5. The number of rotatable bonds is 4. The van der Waals surface area contributed by atoms with E-state index in [0.717, 1.165) is 22.2 Å². The largest absolute Gasteiger partial charge is 0.493 e. The summed E-state index contributed by atoms with van der Waals surface area (Å²) >= 11 is 5.30. The lowest BCUT2D eigenvalue weighted by Gasteiger charge is -2.08. The van der Waals surface area contributed by atoms with Crippen LogP contribution < -0.4 is 5.32 Å². The Morgan fingerprint density at radius 1 is 0.967 bits per heavy atom. The third-order valence-electron chi connectivity index (χ3n) is 4.88. The Morgan fingerprint density at radius 3 is 2.50 bits per heavy atom. The molecule has 150 valence electrons. The van der Waals surface area contributed by atoms with Gasteiger partial charge in [-0.1, -0.05) is 65.7 Å². The van der Waals surface area contributed by atoms with E-state index < -0.39 is 0 Å². The number of nitrogens with one attached hydrogen (secondary N) is 1. The second-order valence-corrected chi connectivity index (χ2v) is 7.65. The highest BCUT2D eigenvalue weighted by Gasteiger charge is 2.16. The molecule has 4 rings (SSSR count). The Hall–Kier alpha value is -3.51. The monoisotopic (exact) mass is 414 g/mol. The number of thiocarbonyl (C=S) groups is 1. The third kappa shape index (κ3) is 4.23. The number of aryl methyl sites for hydroxylation is 2. The van der Waals surface area contributed by atoms with Gasteiger partial charge in [0.25, 0.3) is 0 Å². The summed E-state index contributed by atoms with van der Waals surface area (Å²) < 4.78 is 1.84. The second-order valence-electron chi connectivity index (χ2n) is 7.26. The molecule has 0 aliphatic heterocycles. The van der Waals surface area contributed by atoms with Crippen LogP contribution >= 0.6 is 12.2 Å². The van der Waals surface area contributed by atoms with Crippen LogP contribution in [0, 0.1) is 13.8 Å². The highest BCUT2D eigenvalue weighted by molar-refractivity contribution is 7.80. The van der Waals surface area contributed by atoms with Gasteiger partial charge in [0.1, 0.15) is 0 Å². The second kappa shape index (κ2) is 8.47. The van der Waals surface area contributed by atoms with Gasteiger partial charge < -0.3 is 15.0 Å². The smallest absolute Gasteiger partial charge is 0.221 e. The summed E-state index contributed by atoms with van der Waals surface area (Å²) in [5, 5.41) is 23.4. The molecular formula is C24H22N4OS. The number of anilines is 1. The standard InChI is InChI=1S/C24H22N4OS/c1-16-10-12-19(13-11-16)25-24(30)27-26-22-20-8-3-4-9-21(20)28(23(22)29)15-18-7-5-6-17(2)14-18/h3-14,29H,15H2,1-2H3,(H,25,30). The van der Waals surface area contributed by atoms with Crippen molar-refractivity contribution in [2.75, 3.05) is 5.32 Å². The molecule has 1 heterocycles.